The number of hydrogen-bond acceptors (Lipinski definition) is 2. The molecule has 0 saturated carbocycles. The Balaban J connectivity index is 2.17. The lowest BCUT2D eigenvalue weighted by molar-refractivity contribution is 0.0697. The minimum absolute atomic E-state index is 0.00537. The molecule has 1 heterocycles. The summed E-state index contributed by atoms with van der Waals surface area (Å²) < 4.78 is 0. The number of carbonyl (C=O) groups excluding carboxylic acids is 1. The number of benzene rings is 1. The smallest absolute Gasteiger partial charge is 0.255 e. The Morgan fingerprint density at radius 3 is 2.71 bits per heavy atom. The second kappa shape index (κ2) is 4.96. The maximum atomic E-state index is 12.3. The average Bonchev–Trinajstić information content (AvgIpc) is 2.33. The van der Waals surface area contributed by atoms with Crippen LogP contribution in [-0.2, 0) is 0 Å². The molecule has 0 bridgehead atoms. The zero-order valence-electron chi connectivity index (χ0n) is 9.95. The first-order valence-electron chi connectivity index (χ1n) is 5.93. The summed E-state index contributed by atoms with van der Waals surface area (Å²) in [5.74, 6) is 0.699. The van der Waals surface area contributed by atoms with Crippen LogP contribution >= 0.6 is 11.6 Å². The Labute approximate surface area is 107 Å². The molecule has 3 nitrogen and oxygen atoms in total. The predicted octanol–water partition coefficient (Wildman–Crippen LogP) is 2.79. The highest BCUT2D eigenvalue weighted by atomic mass is 35.5. The Morgan fingerprint density at radius 1 is 1.41 bits per heavy atom. The fraction of sp³-hybridized carbons (Fsp3) is 0.462. The summed E-state index contributed by atoms with van der Waals surface area (Å²) in [7, 11) is 0. The Bertz CT molecular complexity index is 425. The number of amides is 1. The van der Waals surface area contributed by atoms with Crippen molar-refractivity contribution < 1.29 is 4.79 Å². The highest BCUT2D eigenvalue weighted by Crippen LogP contribution is 2.26. The van der Waals surface area contributed by atoms with E-state index in [2.05, 4.69) is 6.92 Å². The van der Waals surface area contributed by atoms with Gasteiger partial charge in [0.1, 0.15) is 0 Å². The second-order valence-electron chi connectivity index (χ2n) is 4.68. The van der Waals surface area contributed by atoms with Crippen molar-refractivity contribution >= 4 is 23.2 Å². The van der Waals surface area contributed by atoms with E-state index in [1.54, 1.807) is 18.2 Å². The third-order valence-electron chi connectivity index (χ3n) is 3.33. The molecule has 1 fully saturated rings. The molecule has 0 aromatic heterocycles. The normalized spacial score (nSPS) is 17.2. The molecule has 4 heteroatoms. The highest BCUT2D eigenvalue weighted by molar-refractivity contribution is 6.36. The van der Waals surface area contributed by atoms with E-state index in [0.717, 1.165) is 25.9 Å². The summed E-state index contributed by atoms with van der Waals surface area (Å²) in [6.45, 7) is 3.84. The maximum Gasteiger partial charge on any atom is 0.255 e. The van der Waals surface area contributed by atoms with Gasteiger partial charge in [0, 0.05) is 13.1 Å². The van der Waals surface area contributed by atoms with Crippen molar-refractivity contribution in [2.45, 2.75) is 19.8 Å². The lowest BCUT2D eigenvalue weighted by atomic mass is 9.98. The Hall–Kier alpha value is -1.22. The molecule has 1 aromatic rings. The molecule has 0 spiro atoms. The minimum atomic E-state index is -0.00537. The van der Waals surface area contributed by atoms with Gasteiger partial charge in [0.15, 0.2) is 0 Å². The third-order valence-corrected chi connectivity index (χ3v) is 3.75. The number of likely N-dealkylation sites (tertiary alicyclic amines) is 1. The quantitative estimate of drug-likeness (QED) is 0.782. The molecule has 1 aromatic carbocycles. The highest BCUT2D eigenvalue weighted by Gasteiger charge is 2.23. The zero-order valence-corrected chi connectivity index (χ0v) is 10.7. The summed E-state index contributed by atoms with van der Waals surface area (Å²) >= 11 is 6.06. The van der Waals surface area contributed by atoms with Crippen LogP contribution in [0.1, 0.15) is 30.1 Å². The van der Waals surface area contributed by atoms with Crippen LogP contribution in [0, 0.1) is 5.92 Å². The van der Waals surface area contributed by atoms with Crippen LogP contribution in [-0.4, -0.2) is 23.9 Å². The first kappa shape index (κ1) is 12.2. The summed E-state index contributed by atoms with van der Waals surface area (Å²) in [5, 5.41) is 0.371. The lowest BCUT2D eigenvalue weighted by Crippen LogP contribution is -2.38. The molecule has 1 saturated heterocycles. The molecule has 0 aliphatic carbocycles. The van der Waals surface area contributed by atoms with Gasteiger partial charge in [-0.1, -0.05) is 24.6 Å². The molecule has 2 rings (SSSR count). The maximum absolute atomic E-state index is 12.3. The third kappa shape index (κ3) is 2.55. The van der Waals surface area contributed by atoms with Crippen molar-refractivity contribution in [3.8, 4) is 0 Å². The van der Waals surface area contributed by atoms with Gasteiger partial charge in [-0.3, -0.25) is 4.79 Å². The number of hydrogen-bond donors (Lipinski definition) is 1. The van der Waals surface area contributed by atoms with Crippen molar-refractivity contribution in [3.63, 3.8) is 0 Å². The number of carbonyl (C=O) groups is 1. The molecular formula is C13H17ClN2O. The van der Waals surface area contributed by atoms with Gasteiger partial charge in [-0.25, -0.2) is 0 Å². The number of piperidine rings is 1. The van der Waals surface area contributed by atoms with Crippen LogP contribution in [0.15, 0.2) is 18.2 Å². The fourth-order valence-electron chi connectivity index (χ4n) is 2.10. The van der Waals surface area contributed by atoms with E-state index < -0.39 is 0 Å². The fourth-order valence-corrected chi connectivity index (χ4v) is 2.30. The van der Waals surface area contributed by atoms with E-state index in [9.17, 15) is 4.79 Å². The molecule has 1 aliphatic heterocycles. The second-order valence-corrected chi connectivity index (χ2v) is 5.06. The van der Waals surface area contributed by atoms with Gasteiger partial charge in [-0.05, 0) is 30.9 Å². The van der Waals surface area contributed by atoms with Crippen LogP contribution in [0.2, 0.25) is 5.02 Å². The summed E-state index contributed by atoms with van der Waals surface area (Å²) in [6, 6.07) is 5.21. The SMILES string of the molecule is CC1CCN(C(=O)c2cccc(N)c2Cl)CC1. The summed E-state index contributed by atoms with van der Waals surface area (Å²) in [6.07, 6.45) is 2.12. The van der Waals surface area contributed by atoms with Crippen LogP contribution in [0.3, 0.4) is 0 Å². The van der Waals surface area contributed by atoms with Crippen molar-refractivity contribution in [1.29, 1.82) is 0 Å². The lowest BCUT2D eigenvalue weighted by Gasteiger charge is -2.30. The number of nitrogen functional groups attached to an aromatic ring is 1. The van der Waals surface area contributed by atoms with E-state index in [0.29, 0.717) is 22.2 Å². The largest absolute Gasteiger partial charge is 0.398 e. The van der Waals surface area contributed by atoms with E-state index >= 15 is 0 Å². The standard InChI is InChI=1S/C13H17ClN2O/c1-9-5-7-16(8-6-9)13(17)10-3-2-4-11(15)12(10)14/h2-4,9H,5-8,15H2,1H3. The number of anilines is 1. The first-order chi connectivity index (χ1) is 8.09. The van der Waals surface area contributed by atoms with Gasteiger partial charge in [0.05, 0.1) is 16.3 Å². The topological polar surface area (TPSA) is 46.3 Å². The molecule has 92 valence electrons. The molecule has 0 radical (unpaired) electrons. The number of nitrogens with two attached hydrogens (primary N) is 1. The number of nitrogens with zero attached hydrogens (tertiary/aromatic N) is 1. The van der Waals surface area contributed by atoms with Crippen molar-refractivity contribution in [1.82, 2.24) is 4.90 Å². The average molecular weight is 253 g/mol. The Morgan fingerprint density at radius 2 is 2.06 bits per heavy atom. The summed E-state index contributed by atoms with van der Waals surface area (Å²) in [4.78, 5) is 14.1. The van der Waals surface area contributed by atoms with Crippen LogP contribution < -0.4 is 5.73 Å². The molecule has 0 unspecified atom stereocenters. The van der Waals surface area contributed by atoms with Crippen LogP contribution in [0.25, 0.3) is 0 Å². The molecule has 2 N–H and O–H groups in total. The van der Waals surface area contributed by atoms with E-state index in [4.69, 9.17) is 17.3 Å². The van der Waals surface area contributed by atoms with Gasteiger partial charge in [-0.2, -0.15) is 0 Å². The number of rotatable bonds is 1. The molecule has 17 heavy (non-hydrogen) atoms. The Kier molecular flexibility index (Phi) is 3.57. The first-order valence-corrected chi connectivity index (χ1v) is 6.30. The molecular weight excluding hydrogens is 236 g/mol. The molecule has 0 atom stereocenters. The van der Waals surface area contributed by atoms with Gasteiger partial charge < -0.3 is 10.6 Å². The molecule has 1 amide bonds. The van der Waals surface area contributed by atoms with Crippen molar-refractivity contribution in [3.05, 3.63) is 28.8 Å². The van der Waals surface area contributed by atoms with Gasteiger partial charge in [0.25, 0.3) is 5.91 Å². The zero-order chi connectivity index (χ0) is 12.4. The van der Waals surface area contributed by atoms with E-state index in [-0.39, 0.29) is 5.91 Å². The predicted molar refractivity (Wildman–Crippen MR) is 70.2 cm³/mol. The van der Waals surface area contributed by atoms with E-state index in [1.807, 2.05) is 4.90 Å². The number of halogens is 1. The van der Waals surface area contributed by atoms with Gasteiger partial charge in [-0.15, -0.1) is 0 Å². The van der Waals surface area contributed by atoms with Crippen molar-refractivity contribution in [2.24, 2.45) is 5.92 Å². The van der Waals surface area contributed by atoms with Crippen molar-refractivity contribution in [2.75, 3.05) is 18.8 Å². The molecule has 1 aliphatic rings. The monoisotopic (exact) mass is 252 g/mol. The van der Waals surface area contributed by atoms with Gasteiger partial charge >= 0.3 is 0 Å². The van der Waals surface area contributed by atoms with Gasteiger partial charge in [0.2, 0.25) is 0 Å². The van der Waals surface area contributed by atoms with Crippen LogP contribution in [0.4, 0.5) is 5.69 Å². The van der Waals surface area contributed by atoms with E-state index in [1.165, 1.54) is 0 Å². The minimum Gasteiger partial charge on any atom is -0.398 e. The summed E-state index contributed by atoms with van der Waals surface area (Å²) in [5.41, 5.74) is 6.68. The van der Waals surface area contributed by atoms with Crippen LogP contribution in [0.5, 0.6) is 0 Å².